The fourth-order valence-corrected chi connectivity index (χ4v) is 7.31. The van der Waals surface area contributed by atoms with Gasteiger partial charge < -0.3 is 25.7 Å². The average Bonchev–Trinajstić information content (AvgIpc) is 3.09. The number of hydrogen-bond acceptors (Lipinski definition) is 7. The van der Waals surface area contributed by atoms with E-state index in [4.69, 9.17) is 25.7 Å². The van der Waals surface area contributed by atoms with Gasteiger partial charge in [-0.05, 0) is 76.8 Å². The third kappa shape index (κ3) is 3.96. The molecule has 1 saturated heterocycles. The fraction of sp³-hybridized carbons (Fsp3) is 0.128. The van der Waals surface area contributed by atoms with Crippen molar-refractivity contribution in [2.45, 2.75) is 24.5 Å². The highest BCUT2D eigenvalue weighted by Crippen LogP contribution is 2.38. The predicted octanol–water partition coefficient (Wildman–Crippen LogP) is 6.87. The molecule has 46 heavy (non-hydrogen) atoms. The van der Waals surface area contributed by atoms with Crippen molar-refractivity contribution >= 4 is 76.6 Å². The Morgan fingerprint density at radius 1 is 0.543 bits per heavy atom. The van der Waals surface area contributed by atoms with Gasteiger partial charge in [0.05, 0.1) is 23.8 Å². The molecule has 1 heterocycles. The van der Waals surface area contributed by atoms with E-state index in [0.29, 0.717) is 11.1 Å². The number of rotatable bonds is 4. The Bertz CT molecular complexity index is 2460. The lowest BCUT2D eigenvalue weighted by Gasteiger charge is -2.38. The van der Waals surface area contributed by atoms with Crippen molar-refractivity contribution < 1.29 is 23.8 Å². The average molecular weight is 605 g/mol. The highest BCUT2D eigenvalue weighted by atomic mass is 16.7. The second-order valence-corrected chi connectivity index (χ2v) is 12.2. The Balaban J connectivity index is 1.01. The van der Waals surface area contributed by atoms with Gasteiger partial charge in [-0.15, -0.1) is 0 Å². The molecule has 1 aliphatic heterocycles. The van der Waals surface area contributed by atoms with Crippen molar-refractivity contribution in [1.82, 2.24) is 0 Å². The second kappa shape index (κ2) is 10.1. The molecular formula is C39H28N2O5. The van der Waals surface area contributed by atoms with Gasteiger partial charge in [0.25, 0.3) is 0 Å². The summed E-state index contributed by atoms with van der Waals surface area (Å²) in [6.07, 6.45) is -2.11. The molecule has 224 valence electrons. The Kier molecular flexibility index (Phi) is 5.92. The molecule has 0 unspecified atom stereocenters. The third-order valence-corrected chi connectivity index (χ3v) is 9.53. The van der Waals surface area contributed by atoms with Crippen LogP contribution in [0.25, 0.3) is 64.6 Å². The molecule has 4 atom stereocenters. The smallest absolute Gasteiger partial charge is 0.341 e. The minimum atomic E-state index is -1.16. The summed E-state index contributed by atoms with van der Waals surface area (Å²) in [6.45, 7) is 0.000545. The van der Waals surface area contributed by atoms with E-state index in [-0.39, 0.29) is 6.61 Å². The Morgan fingerprint density at radius 2 is 0.957 bits per heavy atom. The summed E-state index contributed by atoms with van der Waals surface area (Å²) in [4.78, 5) is 27.4. The Labute approximate surface area is 262 Å². The van der Waals surface area contributed by atoms with Crippen molar-refractivity contribution in [3.8, 4) is 0 Å². The minimum absolute atomic E-state index is 0.000545. The number of carbonyl (C=O) groups excluding carboxylic acids is 2. The lowest BCUT2D eigenvalue weighted by Crippen LogP contribution is -2.62. The standard InChI is InChI=1S/C39H28N2O5/c40-30-19-44-39(46-38(43)29-18-14-25-10-8-21-4-2-6-23-12-16-27(29)34(25)32(21)23)35(41)36(30)45-37(42)28-17-13-24-9-7-20-3-1-5-22-11-15-26(28)33(24)31(20)22/h1-18,30,35-36,39H,19,40-41H2/t30-,35-,36+,39+/m1/s1. The number of nitrogens with two attached hydrogens (primary N) is 2. The first-order valence-corrected chi connectivity index (χ1v) is 15.3. The first kappa shape index (κ1) is 27.0. The van der Waals surface area contributed by atoms with Crippen LogP contribution < -0.4 is 11.5 Å². The van der Waals surface area contributed by atoms with Gasteiger partial charge in [-0.3, -0.25) is 0 Å². The van der Waals surface area contributed by atoms with Gasteiger partial charge in [0.15, 0.2) is 0 Å². The van der Waals surface area contributed by atoms with Crippen LogP contribution in [-0.4, -0.2) is 43.0 Å². The highest BCUT2D eigenvalue weighted by molar-refractivity contribution is 6.27. The van der Waals surface area contributed by atoms with Crippen LogP contribution >= 0.6 is 0 Å². The topological polar surface area (TPSA) is 114 Å². The summed E-state index contributed by atoms with van der Waals surface area (Å²) in [5, 5.41) is 12.2. The van der Waals surface area contributed by atoms with Gasteiger partial charge in [-0.25, -0.2) is 9.59 Å². The van der Waals surface area contributed by atoms with E-state index in [0.717, 1.165) is 64.6 Å². The van der Waals surface area contributed by atoms with Gasteiger partial charge in [0, 0.05) is 0 Å². The number of ether oxygens (including phenoxy) is 3. The zero-order chi connectivity index (χ0) is 31.1. The molecule has 0 aliphatic carbocycles. The molecule has 7 heteroatoms. The van der Waals surface area contributed by atoms with Gasteiger partial charge in [0.1, 0.15) is 12.1 Å². The molecular weight excluding hydrogens is 576 g/mol. The zero-order valence-electron chi connectivity index (χ0n) is 24.6. The summed E-state index contributed by atoms with van der Waals surface area (Å²) in [6, 6.07) is 34.2. The first-order chi connectivity index (χ1) is 22.5. The summed E-state index contributed by atoms with van der Waals surface area (Å²) in [5.41, 5.74) is 13.8. The number of hydrogen-bond donors (Lipinski definition) is 2. The SMILES string of the molecule is N[C@H]1[C@H](OC(=O)c2ccc3ccc4cccc5ccc2c3c45)OC[C@@H](N)[C@@H]1OC(=O)c1ccc2ccc3cccc4ccc1c2c34. The van der Waals surface area contributed by atoms with Crippen LogP contribution in [0.15, 0.2) is 109 Å². The van der Waals surface area contributed by atoms with E-state index in [1.165, 1.54) is 0 Å². The minimum Gasteiger partial charge on any atom is -0.455 e. The largest absolute Gasteiger partial charge is 0.455 e. The van der Waals surface area contributed by atoms with Gasteiger partial charge in [-0.1, -0.05) is 97.1 Å². The van der Waals surface area contributed by atoms with Crippen molar-refractivity contribution in [2.75, 3.05) is 6.61 Å². The molecule has 7 nitrogen and oxygen atoms in total. The van der Waals surface area contributed by atoms with Crippen molar-refractivity contribution in [3.05, 3.63) is 120 Å². The van der Waals surface area contributed by atoms with Crippen LogP contribution in [0.3, 0.4) is 0 Å². The van der Waals surface area contributed by atoms with Gasteiger partial charge >= 0.3 is 11.9 Å². The number of esters is 2. The van der Waals surface area contributed by atoms with Crippen LogP contribution in [-0.2, 0) is 14.2 Å². The summed E-state index contributed by atoms with van der Waals surface area (Å²) >= 11 is 0. The van der Waals surface area contributed by atoms with Crippen LogP contribution in [0.2, 0.25) is 0 Å². The zero-order valence-corrected chi connectivity index (χ0v) is 24.6. The van der Waals surface area contributed by atoms with E-state index in [2.05, 4.69) is 48.5 Å². The molecule has 0 spiro atoms. The van der Waals surface area contributed by atoms with Crippen molar-refractivity contribution in [1.29, 1.82) is 0 Å². The monoisotopic (exact) mass is 604 g/mol. The van der Waals surface area contributed by atoms with Gasteiger partial charge in [0.2, 0.25) is 6.29 Å². The molecule has 0 bridgehead atoms. The lowest BCUT2D eigenvalue weighted by atomic mass is 9.92. The molecule has 8 aromatic rings. The second-order valence-electron chi connectivity index (χ2n) is 12.2. The number of carbonyl (C=O) groups is 2. The lowest BCUT2D eigenvalue weighted by molar-refractivity contribution is -0.175. The van der Waals surface area contributed by atoms with Crippen LogP contribution in [0, 0.1) is 0 Å². The summed E-state index contributed by atoms with van der Waals surface area (Å²) in [5.74, 6) is -1.13. The predicted molar refractivity (Wildman–Crippen MR) is 181 cm³/mol. The molecule has 0 radical (unpaired) electrons. The normalized spacial score (nSPS) is 20.4. The van der Waals surface area contributed by atoms with E-state index in [1.54, 1.807) is 12.1 Å². The van der Waals surface area contributed by atoms with Crippen LogP contribution in [0.1, 0.15) is 20.7 Å². The van der Waals surface area contributed by atoms with E-state index in [1.807, 2.05) is 48.5 Å². The van der Waals surface area contributed by atoms with Gasteiger partial charge in [-0.2, -0.15) is 0 Å². The van der Waals surface area contributed by atoms with E-state index < -0.39 is 36.4 Å². The maximum Gasteiger partial charge on any atom is 0.341 e. The first-order valence-electron chi connectivity index (χ1n) is 15.3. The van der Waals surface area contributed by atoms with E-state index in [9.17, 15) is 9.59 Å². The summed E-state index contributed by atoms with van der Waals surface area (Å²) in [7, 11) is 0. The Morgan fingerprint density at radius 3 is 1.46 bits per heavy atom. The molecule has 4 N–H and O–H groups in total. The fourth-order valence-electron chi connectivity index (χ4n) is 7.31. The molecule has 0 saturated carbocycles. The summed E-state index contributed by atoms with van der Waals surface area (Å²) < 4.78 is 17.7. The molecule has 0 aromatic heterocycles. The van der Waals surface area contributed by atoms with Crippen molar-refractivity contribution in [2.24, 2.45) is 11.5 Å². The maximum absolute atomic E-state index is 13.7. The Hall–Kier alpha value is -5.34. The third-order valence-electron chi connectivity index (χ3n) is 9.53. The molecule has 0 amide bonds. The van der Waals surface area contributed by atoms with Crippen molar-refractivity contribution in [3.63, 3.8) is 0 Å². The molecule has 1 aliphatic rings. The quantitative estimate of drug-likeness (QED) is 0.166. The van der Waals surface area contributed by atoms with Crippen LogP contribution in [0.4, 0.5) is 0 Å². The molecule has 1 fully saturated rings. The van der Waals surface area contributed by atoms with E-state index >= 15 is 0 Å². The highest BCUT2D eigenvalue weighted by Gasteiger charge is 2.42. The maximum atomic E-state index is 13.7. The molecule has 9 rings (SSSR count). The van der Waals surface area contributed by atoms with Crippen LogP contribution in [0.5, 0.6) is 0 Å². The number of benzene rings is 8. The molecule has 8 aromatic carbocycles.